The number of benzene rings is 1. The van der Waals surface area contributed by atoms with Gasteiger partial charge in [-0.25, -0.2) is 0 Å². The largest absolute Gasteiger partial charge is 0.326 e. The van der Waals surface area contributed by atoms with Gasteiger partial charge in [-0.1, -0.05) is 6.07 Å². The summed E-state index contributed by atoms with van der Waals surface area (Å²) in [5, 5.41) is 9.62. The Morgan fingerprint density at radius 3 is 2.48 bits per heavy atom. The van der Waals surface area contributed by atoms with Crippen molar-refractivity contribution in [1.29, 1.82) is 0 Å². The lowest BCUT2D eigenvalue weighted by Crippen LogP contribution is -2.39. The van der Waals surface area contributed by atoms with Gasteiger partial charge in [0.2, 0.25) is 11.8 Å². The van der Waals surface area contributed by atoms with Crippen LogP contribution in [0.1, 0.15) is 50.5 Å². The van der Waals surface area contributed by atoms with Crippen LogP contribution in [-0.4, -0.2) is 23.9 Å². The van der Waals surface area contributed by atoms with Crippen molar-refractivity contribution in [2.24, 2.45) is 11.8 Å². The average Bonchev–Trinajstić information content (AvgIpc) is 3.36. The number of piperidine rings is 1. The molecule has 134 valence electrons. The second kappa shape index (κ2) is 6.79. The van der Waals surface area contributed by atoms with Crippen LogP contribution < -0.4 is 16.0 Å². The predicted octanol–water partition coefficient (Wildman–Crippen LogP) is 3.20. The van der Waals surface area contributed by atoms with E-state index in [-0.39, 0.29) is 17.7 Å². The van der Waals surface area contributed by atoms with Crippen LogP contribution in [0.3, 0.4) is 0 Å². The lowest BCUT2D eigenvalue weighted by molar-refractivity contribution is -0.118. The first kappa shape index (κ1) is 16.6. The summed E-state index contributed by atoms with van der Waals surface area (Å²) in [7, 11) is 0. The van der Waals surface area contributed by atoms with E-state index < -0.39 is 0 Å². The van der Waals surface area contributed by atoms with Crippen LogP contribution >= 0.6 is 0 Å². The Bertz CT molecular complexity index is 672. The Morgan fingerprint density at radius 2 is 1.80 bits per heavy atom. The predicted molar refractivity (Wildman–Crippen MR) is 98.4 cm³/mol. The highest BCUT2D eigenvalue weighted by Crippen LogP contribution is 2.33. The molecule has 2 heterocycles. The monoisotopic (exact) mass is 341 g/mol. The molecular formula is C20H27N3O2. The number of carbonyl (C=O) groups is 2. The van der Waals surface area contributed by atoms with Crippen LogP contribution in [0.4, 0.5) is 11.4 Å². The van der Waals surface area contributed by atoms with Crippen LogP contribution in [0.15, 0.2) is 18.2 Å². The van der Waals surface area contributed by atoms with E-state index in [0.29, 0.717) is 24.4 Å². The Morgan fingerprint density at radius 1 is 1.08 bits per heavy atom. The highest BCUT2D eigenvalue weighted by molar-refractivity contribution is 5.96. The maximum Gasteiger partial charge on any atom is 0.227 e. The average molecular weight is 341 g/mol. The first-order valence-corrected chi connectivity index (χ1v) is 9.54. The molecule has 2 saturated heterocycles. The molecule has 25 heavy (non-hydrogen) atoms. The van der Waals surface area contributed by atoms with Gasteiger partial charge in [0, 0.05) is 35.8 Å². The molecule has 5 heteroatoms. The van der Waals surface area contributed by atoms with E-state index in [9.17, 15) is 9.59 Å². The molecule has 2 bridgehead atoms. The van der Waals surface area contributed by atoms with Crippen molar-refractivity contribution in [3.05, 3.63) is 23.8 Å². The van der Waals surface area contributed by atoms with Crippen molar-refractivity contribution in [3.8, 4) is 0 Å². The van der Waals surface area contributed by atoms with Gasteiger partial charge in [-0.15, -0.1) is 0 Å². The van der Waals surface area contributed by atoms with Gasteiger partial charge in [0.15, 0.2) is 0 Å². The van der Waals surface area contributed by atoms with Crippen molar-refractivity contribution in [1.82, 2.24) is 5.32 Å². The molecule has 3 N–H and O–H groups in total. The highest BCUT2D eigenvalue weighted by atomic mass is 16.2. The first-order chi connectivity index (χ1) is 12.1. The van der Waals surface area contributed by atoms with Gasteiger partial charge in [-0.2, -0.15) is 0 Å². The number of aryl methyl sites for hydroxylation is 1. The van der Waals surface area contributed by atoms with Gasteiger partial charge in [-0.05, 0) is 69.1 Å². The molecule has 1 aromatic carbocycles. The minimum Gasteiger partial charge on any atom is -0.326 e. The highest BCUT2D eigenvalue weighted by Gasteiger charge is 2.34. The van der Waals surface area contributed by atoms with Crippen LogP contribution in [0.5, 0.6) is 0 Å². The molecule has 2 atom stereocenters. The third-order valence-electron chi connectivity index (χ3n) is 5.77. The molecule has 1 aromatic rings. The standard InChI is InChI=1S/C20H27N3O2/c1-12-2-5-17(22-20(25)14-3-4-14)11-18(12)23-19(24)10-13-8-15-6-7-16(9-13)21-15/h2,5,11,13-16,21H,3-4,6-10H2,1H3,(H,22,25)(H,23,24). The topological polar surface area (TPSA) is 70.2 Å². The minimum absolute atomic E-state index is 0.0834. The Balaban J connectivity index is 1.35. The lowest BCUT2D eigenvalue weighted by Gasteiger charge is -2.28. The molecule has 0 aromatic heterocycles. The maximum atomic E-state index is 12.5. The summed E-state index contributed by atoms with van der Waals surface area (Å²) in [6.07, 6.45) is 7.29. The third kappa shape index (κ3) is 4.03. The number of amides is 2. The number of hydrogen-bond acceptors (Lipinski definition) is 3. The summed E-state index contributed by atoms with van der Waals surface area (Å²) in [5.74, 6) is 0.831. The van der Waals surface area contributed by atoms with Gasteiger partial charge in [-0.3, -0.25) is 9.59 Å². The van der Waals surface area contributed by atoms with Crippen molar-refractivity contribution in [2.45, 2.75) is 64.0 Å². The summed E-state index contributed by atoms with van der Waals surface area (Å²) in [6.45, 7) is 1.98. The molecule has 2 amide bonds. The van der Waals surface area contributed by atoms with E-state index in [1.54, 1.807) is 0 Å². The SMILES string of the molecule is Cc1ccc(NC(=O)C2CC2)cc1NC(=O)CC1CC2CCC(C1)N2. The fourth-order valence-corrected chi connectivity index (χ4v) is 4.23. The number of hydrogen-bond donors (Lipinski definition) is 3. The Kier molecular flexibility index (Phi) is 4.50. The summed E-state index contributed by atoms with van der Waals surface area (Å²) < 4.78 is 0. The number of fused-ring (bicyclic) bond motifs is 2. The smallest absolute Gasteiger partial charge is 0.227 e. The molecule has 3 fully saturated rings. The van der Waals surface area contributed by atoms with E-state index in [0.717, 1.165) is 42.6 Å². The molecule has 5 nitrogen and oxygen atoms in total. The fraction of sp³-hybridized carbons (Fsp3) is 0.600. The van der Waals surface area contributed by atoms with E-state index in [1.807, 2.05) is 25.1 Å². The minimum atomic E-state index is 0.0834. The molecule has 4 rings (SSSR count). The maximum absolute atomic E-state index is 12.5. The molecule has 1 aliphatic carbocycles. The van der Waals surface area contributed by atoms with Gasteiger partial charge < -0.3 is 16.0 Å². The van der Waals surface area contributed by atoms with Crippen LogP contribution in [-0.2, 0) is 9.59 Å². The molecule has 3 aliphatic rings. The molecule has 0 spiro atoms. The number of carbonyl (C=O) groups excluding carboxylic acids is 2. The summed E-state index contributed by atoms with van der Waals surface area (Å²) in [6, 6.07) is 6.94. The van der Waals surface area contributed by atoms with Crippen molar-refractivity contribution in [3.63, 3.8) is 0 Å². The quantitative estimate of drug-likeness (QED) is 0.770. The zero-order chi connectivity index (χ0) is 17.4. The second-order valence-electron chi connectivity index (χ2n) is 8.02. The van der Waals surface area contributed by atoms with Gasteiger partial charge >= 0.3 is 0 Å². The Hall–Kier alpha value is -1.88. The zero-order valence-corrected chi connectivity index (χ0v) is 14.8. The van der Waals surface area contributed by atoms with E-state index in [2.05, 4.69) is 16.0 Å². The van der Waals surface area contributed by atoms with Crippen LogP contribution in [0.25, 0.3) is 0 Å². The molecule has 1 saturated carbocycles. The van der Waals surface area contributed by atoms with E-state index >= 15 is 0 Å². The first-order valence-electron chi connectivity index (χ1n) is 9.54. The second-order valence-corrected chi connectivity index (χ2v) is 8.02. The Labute approximate surface area is 148 Å². The van der Waals surface area contributed by atoms with E-state index in [4.69, 9.17) is 0 Å². The molecule has 2 aliphatic heterocycles. The normalized spacial score (nSPS) is 27.8. The fourth-order valence-electron chi connectivity index (χ4n) is 4.23. The summed E-state index contributed by atoms with van der Waals surface area (Å²) >= 11 is 0. The van der Waals surface area contributed by atoms with Crippen LogP contribution in [0.2, 0.25) is 0 Å². The third-order valence-corrected chi connectivity index (χ3v) is 5.77. The lowest BCUT2D eigenvalue weighted by atomic mass is 9.89. The van der Waals surface area contributed by atoms with E-state index in [1.165, 1.54) is 12.8 Å². The number of nitrogens with one attached hydrogen (secondary N) is 3. The van der Waals surface area contributed by atoms with Gasteiger partial charge in [0.05, 0.1) is 0 Å². The molecule has 2 unspecified atom stereocenters. The summed E-state index contributed by atoms with van der Waals surface area (Å²) in [4.78, 5) is 24.4. The van der Waals surface area contributed by atoms with Crippen LogP contribution in [0, 0.1) is 18.8 Å². The summed E-state index contributed by atoms with van der Waals surface area (Å²) in [5.41, 5.74) is 2.58. The molecular weight excluding hydrogens is 314 g/mol. The van der Waals surface area contributed by atoms with Gasteiger partial charge in [0.1, 0.15) is 0 Å². The number of rotatable bonds is 5. The van der Waals surface area contributed by atoms with Crippen molar-refractivity contribution in [2.75, 3.05) is 10.6 Å². The number of anilines is 2. The van der Waals surface area contributed by atoms with Crippen molar-refractivity contribution >= 4 is 23.2 Å². The van der Waals surface area contributed by atoms with Gasteiger partial charge in [0.25, 0.3) is 0 Å². The zero-order valence-electron chi connectivity index (χ0n) is 14.8. The molecule has 0 radical (unpaired) electrons. The van der Waals surface area contributed by atoms with Crippen molar-refractivity contribution < 1.29 is 9.59 Å².